The zero-order valence-electron chi connectivity index (χ0n) is 7.59. The Balaban J connectivity index is 4.31. The lowest BCUT2D eigenvalue weighted by molar-refractivity contribution is -0.141. The Morgan fingerprint density at radius 2 is 1.71 bits per heavy atom. The summed E-state index contributed by atoms with van der Waals surface area (Å²) >= 11 is 0. The van der Waals surface area contributed by atoms with Gasteiger partial charge in [-0.1, -0.05) is 6.92 Å². The van der Waals surface area contributed by atoms with Gasteiger partial charge in [0.15, 0.2) is 0 Å². The monoisotopic (exact) mass is 246 g/mol. The minimum absolute atomic E-state index is 0.00556. The van der Waals surface area contributed by atoms with Crippen LogP contribution in [-0.4, -0.2) is 35.0 Å². The van der Waals surface area contributed by atoms with Crippen LogP contribution in [0.15, 0.2) is 0 Å². The van der Waals surface area contributed by atoms with Crippen molar-refractivity contribution < 1.29 is 30.0 Å². The number of carbonyl (C=O) groups excluding carboxylic acids is 1. The number of hydrogen-bond donors (Lipinski definition) is 0. The predicted octanol–water partition coefficient (Wildman–Crippen LogP) is -0.797. The van der Waals surface area contributed by atoms with E-state index in [1.165, 1.54) is 6.92 Å². The molecule has 0 rings (SSSR count). The molecule has 0 saturated carbocycles. The molecule has 0 bridgehead atoms. The minimum Gasteiger partial charge on any atom is -0.447 e. The summed E-state index contributed by atoms with van der Waals surface area (Å²) in [5, 5.41) is 0. The first-order chi connectivity index (χ1) is 6.16. The van der Waals surface area contributed by atoms with Gasteiger partial charge in [0.25, 0.3) is 10.1 Å². The predicted molar refractivity (Wildman–Crippen MR) is 46.1 cm³/mol. The van der Waals surface area contributed by atoms with Crippen molar-refractivity contribution in [2.24, 2.45) is 0 Å². The molecule has 7 nitrogen and oxygen atoms in total. The van der Waals surface area contributed by atoms with Gasteiger partial charge in [-0.25, -0.2) is 0 Å². The van der Waals surface area contributed by atoms with E-state index in [0.717, 1.165) is 0 Å². The van der Waals surface area contributed by atoms with Crippen LogP contribution in [0, 0.1) is 0 Å². The third kappa shape index (κ3) is 6.80. The Hall–Kier alpha value is -0.670. The molecular formula is C5H10O7S2. The van der Waals surface area contributed by atoms with Gasteiger partial charge in [0, 0.05) is 6.42 Å². The second-order valence-corrected chi connectivity index (χ2v) is 5.62. The van der Waals surface area contributed by atoms with E-state index in [4.69, 9.17) is 0 Å². The van der Waals surface area contributed by atoms with Crippen molar-refractivity contribution in [3.63, 3.8) is 0 Å². The lowest BCUT2D eigenvalue weighted by atomic mass is 10.5. The standard InChI is InChI=1S/C5H10O7S2/c1-3-5(6)11-4-14(9,10)12-13(2,7)8/h3-4H2,1-2H3. The Kier molecular flexibility index (Phi) is 4.49. The van der Waals surface area contributed by atoms with Crippen LogP contribution in [0.1, 0.15) is 13.3 Å². The highest BCUT2D eigenvalue weighted by Crippen LogP contribution is 2.00. The van der Waals surface area contributed by atoms with Gasteiger partial charge >= 0.3 is 16.1 Å². The molecular weight excluding hydrogens is 236 g/mol. The van der Waals surface area contributed by atoms with Gasteiger partial charge in [-0.2, -0.15) is 16.8 Å². The molecule has 0 saturated heterocycles. The molecule has 84 valence electrons. The highest BCUT2D eigenvalue weighted by molar-refractivity contribution is 7.99. The molecule has 0 N–H and O–H groups in total. The quantitative estimate of drug-likeness (QED) is 0.585. The van der Waals surface area contributed by atoms with E-state index in [1.807, 2.05) is 0 Å². The third-order valence-corrected chi connectivity index (χ3v) is 3.10. The van der Waals surface area contributed by atoms with Crippen molar-refractivity contribution in [2.75, 3.05) is 12.2 Å². The van der Waals surface area contributed by atoms with Gasteiger partial charge in [0.2, 0.25) is 5.94 Å². The van der Waals surface area contributed by atoms with Gasteiger partial charge in [-0.15, -0.1) is 3.63 Å². The summed E-state index contributed by atoms with van der Waals surface area (Å²) in [4.78, 5) is 10.5. The van der Waals surface area contributed by atoms with Crippen molar-refractivity contribution in [2.45, 2.75) is 13.3 Å². The van der Waals surface area contributed by atoms with Crippen molar-refractivity contribution in [3.05, 3.63) is 0 Å². The first-order valence-electron chi connectivity index (χ1n) is 3.45. The average molecular weight is 246 g/mol. The summed E-state index contributed by atoms with van der Waals surface area (Å²) in [6, 6.07) is 0. The molecule has 0 radical (unpaired) electrons. The van der Waals surface area contributed by atoms with Crippen molar-refractivity contribution in [1.82, 2.24) is 0 Å². The Bertz CT molecular complexity index is 390. The van der Waals surface area contributed by atoms with Crippen LogP contribution < -0.4 is 0 Å². The Morgan fingerprint density at radius 3 is 2.07 bits per heavy atom. The molecule has 0 fully saturated rings. The van der Waals surface area contributed by atoms with E-state index in [-0.39, 0.29) is 6.42 Å². The van der Waals surface area contributed by atoms with Crippen LogP contribution in [0.3, 0.4) is 0 Å². The Labute approximate surface area is 82.3 Å². The average Bonchev–Trinajstić information content (AvgIpc) is 1.96. The largest absolute Gasteiger partial charge is 0.447 e. The van der Waals surface area contributed by atoms with Crippen molar-refractivity contribution in [1.29, 1.82) is 0 Å². The lowest BCUT2D eigenvalue weighted by Gasteiger charge is -2.03. The summed E-state index contributed by atoms with van der Waals surface area (Å²) in [5.74, 6) is -1.86. The van der Waals surface area contributed by atoms with E-state index in [9.17, 15) is 21.6 Å². The van der Waals surface area contributed by atoms with Gasteiger partial charge < -0.3 is 4.74 Å². The normalized spacial score (nSPS) is 12.4. The molecule has 0 aliphatic rings. The van der Waals surface area contributed by atoms with Gasteiger partial charge in [0.05, 0.1) is 6.26 Å². The van der Waals surface area contributed by atoms with E-state index < -0.39 is 32.1 Å². The van der Waals surface area contributed by atoms with Crippen LogP contribution >= 0.6 is 0 Å². The van der Waals surface area contributed by atoms with Crippen molar-refractivity contribution >= 4 is 26.2 Å². The highest BCUT2D eigenvalue weighted by Gasteiger charge is 2.20. The van der Waals surface area contributed by atoms with Gasteiger partial charge in [0.1, 0.15) is 0 Å². The minimum atomic E-state index is -4.38. The zero-order chi connectivity index (χ0) is 11.4. The number of carbonyl (C=O) groups is 1. The van der Waals surface area contributed by atoms with Crippen LogP contribution in [0.2, 0.25) is 0 Å². The van der Waals surface area contributed by atoms with E-state index >= 15 is 0 Å². The molecule has 0 aromatic rings. The number of ether oxygens (including phenoxy) is 1. The summed E-state index contributed by atoms with van der Waals surface area (Å²) in [7, 11) is -8.49. The van der Waals surface area contributed by atoms with Crippen LogP contribution in [0.4, 0.5) is 0 Å². The summed E-state index contributed by atoms with van der Waals surface area (Å²) in [6.45, 7) is 1.46. The maximum atomic E-state index is 10.8. The van der Waals surface area contributed by atoms with E-state index in [0.29, 0.717) is 6.26 Å². The number of esters is 1. The van der Waals surface area contributed by atoms with Gasteiger partial charge in [-0.3, -0.25) is 4.79 Å². The molecule has 0 aliphatic carbocycles. The lowest BCUT2D eigenvalue weighted by Crippen LogP contribution is -2.19. The maximum Gasteiger partial charge on any atom is 0.317 e. The molecule has 9 heteroatoms. The molecule has 0 spiro atoms. The number of hydrogen-bond acceptors (Lipinski definition) is 7. The SMILES string of the molecule is CCC(=O)OCS(=O)(=O)OS(C)(=O)=O. The summed E-state index contributed by atoms with van der Waals surface area (Å²) in [5.41, 5.74) is 0. The zero-order valence-corrected chi connectivity index (χ0v) is 9.22. The molecule has 0 aromatic heterocycles. The molecule has 0 aromatic carbocycles. The smallest absolute Gasteiger partial charge is 0.317 e. The van der Waals surface area contributed by atoms with Crippen LogP contribution in [-0.2, 0) is 33.4 Å². The fourth-order valence-electron chi connectivity index (χ4n) is 0.448. The van der Waals surface area contributed by atoms with E-state index in [2.05, 4.69) is 8.37 Å². The first-order valence-corrected chi connectivity index (χ1v) is 6.85. The second-order valence-electron chi connectivity index (χ2n) is 2.32. The molecule has 0 amide bonds. The summed E-state index contributed by atoms with van der Waals surface area (Å²) in [6.07, 6.45) is 0.570. The molecule has 0 heterocycles. The molecule has 0 atom stereocenters. The number of rotatable bonds is 5. The second kappa shape index (κ2) is 4.71. The topological polar surface area (TPSA) is 104 Å². The molecule has 14 heavy (non-hydrogen) atoms. The molecule has 0 aliphatic heterocycles. The molecule has 0 unspecified atom stereocenters. The summed E-state index contributed by atoms with van der Waals surface area (Å²) < 4.78 is 50.3. The Morgan fingerprint density at radius 1 is 1.21 bits per heavy atom. The fraction of sp³-hybridized carbons (Fsp3) is 0.800. The highest BCUT2D eigenvalue weighted by atomic mass is 32.3. The van der Waals surface area contributed by atoms with E-state index in [1.54, 1.807) is 0 Å². The van der Waals surface area contributed by atoms with Crippen LogP contribution in [0.5, 0.6) is 0 Å². The first kappa shape index (κ1) is 13.3. The van der Waals surface area contributed by atoms with Crippen LogP contribution in [0.25, 0.3) is 0 Å². The fourth-order valence-corrected chi connectivity index (χ4v) is 2.39. The van der Waals surface area contributed by atoms with Crippen molar-refractivity contribution in [3.8, 4) is 0 Å². The maximum absolute atomic E-state index is 10.8. The van der Waals surface area contributed by atoms with Gasteiger partial charge in [-0.05, 0) is 0 Å². The third-order valence-electron chi connectivity index (χ3n) is 0.880.